The number of hydrogen-bond donors (Lipinski definition) is 1. The lowest BCUT2D eigenvalue weighted by atomic mass is 9.89. The summed E-state index contributed by atoms with van der Waals surface area (Å²) in [6, 6.07) is 15.0. The largest absolute Gasteiger partial charge is 0.523 e. The molecule has 1 aliphatic rings. The van der Waals surface area contributed by atoms with E-state index in [9.17, 15) is 44.7 Å². The number of carboxylic acid groups (broad SMARTS) is 1. The van der Waals surface area contributed by atoms with Gasteiger partial charge in [0.1, 0.15) is 6.10 Å². The molecule has 0 aliphatic carbocycles. The molecule has 218 valence electrons. The number of hydrogen-bond acceptors (Lipinski definition) is 8. The molecule has 41 heavy (non-hydrogen) atoms. The maximum atomic E-state index is 14.0. The SMILES string of the molecule is Cc1ccc(S(=O)(=O)N(CCC(=O)O)C(=O)c2cccc3c2C(OS(=O)(=O)C(F)(F)F)c2ccccc2N3C)cc1. The first-order chi connectivity index (χ1) is 19.1. The van der Waals surface area contributed by atoms with Crippen LogP contribution in [0.3, 0.4) is 0 Å². The number of sulfonamides is 1. The van der Waals surface area contributed by atoms with E-state index in [1.165, 1.54) is 66.5 Å². The predicted molar refractivity (Wildman–Crippen MR) is 141 cm³/mol. The van der Waals surface area contributed by atoms with Crippen molar-refractivity contribution in [1.82, 2.24) is 4.31 Å². The molecule has 0 spiro atoms. The Balaban J connectivity index is 1.93. The summed E-state index contributed by atoms with van der Waals surface area (Å²) in [6.07, 6.45) is -2.77. The topological polar surface area (TPSA) is 138 Å². The van der Waals surface area contributed by atoms with Crippen LogP contribution in [0.25, 0.3) is 0 Å². The van der Waals surface area contributed by atoms with E-state index in [-0.39, 0.29) is 27.4 Å². The van der Waals surface area contributed by atoms with Gasteiger partial charge in [0.15, 0.2) is 0 Å². The number of carbonyl (C=O) groups is 2. The zero-order chi connectivity index (χ0) is 30.3. The summed E-state index contributed by atoms with van der Waals surface area (Å²) in [5.74, 6) is -2.70. The van der Waals surface area contributed by atoms with Crippen molar-refractivity contribution in [2.75, 3.05) is 18.5 Å². The first-order valence-corrected chi connectivity index (χ1v) is 14.7. The lowest BCUT2D eigenvalue weighted by Gasteiger charge is -2.36. The van der Waals surface area contributed by atoms with E-state index in [0.717, 1.165) is 6.07 Å². The number of fused-ring (bicyclic) bond motifs is 2. The number of amides is 1. The minimum Gasteiger partial charge on any atom is -0.481 e. The van der Waals surface area contributed by atoms with Crippen LogP contribution < -0.4 is 4.90 Å². The average molecular weight is 613 g/mol. The molecule has 4 rings (SSSR count). The number of anilines is 2. The number of nitrogens with zero attached hydrogens (tertiary/aromatic N) is 2. The van der Waals surface area contributed by atoms with Gasteiger partial charge in [0.05, 0.1) is 11.3 Å². The number of carbonyl (C=O) groups excluding carboxylic acids is 1. The highest BCUT2D eigenvalue weighted by atomic mass is 32.2. The third kappa shape index (κ3) is 5.64. The van der Waals surface area contributed by atoms with Crippen LogP contribution in [-0.4, -0.2) is 57.2 Å². The molecule has 0 radical (unpaired) electrons. The molecule has 0 bridgehead atoms. The molecular weight excluding hydrogens is 589 g/mol. The lowest BCUT2D eigenvalue weighted by Crippen LogP contribution is -2.40. The fourth-order valence-electron chi connectivity index (χ4n) is 4.39. The summed E-state index contributed by atoms with van der Waals surface area (Å²) in [4.78, 5) is 26.5. The van der Waals surface area contributed by atoms with Crippen LogP contribution in [0.1, 0.15) is 39.6 Å². The van der Waals surface area contributed by atoms with E-state index in [1.54, 1.807) is 13.0 Å². The van der Waals surface area contributed by atoms with Gasteiger partial charge in [-0.2, -0.15) is 21.6 Å². The Labute approximate surface area is 233 Å². The molecule has 0 aromatic heterocycles. The van der Waals surface area contributed by atoms with Crippen molar-refractivity contribution < 1.29 is 48.9 Å². The summed E-state index contributed by atoms with van der Waals surface area (Å²) >= 11 is 0. The normalized spacial score (nSPS) is 15.1. The zero-order valence-corrected chi connectivity index (χ0v) is 23.1. The van der Waals surface area contributed by atoms with Crippen LogP contribution in [-0.2, 0) is 29.1 Å². The Bertz CT molecular complexity index is 1720. The lowest BCUT2D eigenvalue weighted by molar-refractivity contribution is -0.137. The summed E-state index contributed by atoms with van der Waals surface area (Å²) in [5, 5.41) is 9.24. The van der Waals surface area contributed by atoms with Gasteiger partial charge in [-0.25, -0.2) is 16.9 Å². The van der Waals surface area contributed by atoms with Gasteiger partial charge in [-0.3, -0.25) is 9.59 Å². The fraction of sp³-hybridized carbons (Fsp3) is 0.231. The summed E-state index contributed by atoms with van der Waals surface area (Å²) in [7, 11) is -9.35. The average Bonchev–Trinajstić information content (AvgIpc) is 2.90. The van der Waals surface area contributed by atoms with Crippen LogP contribution in [0.2, 0.25) is 0 Å². The predicted octanol–water partition coefficient (Wildman–Crippen LogP) is 4.34. The minimum atomic E-state index is -6.20. The number of rotatable bonds is 8. The van der Waals surface area contributed by atoms with Gasteiger partial charge in [-0.05, 0) is 37.3 Å². The van der Waals surface area contributed by atoms with Gasteiger partial charge in [-0.1, -0.05) is 42.0 Å². The van der Waals surface area contributed by atoms with Crippen LogP contribution in [0.15, 0.2) is 71.6 Å². The van der Waals surface area contributed by atoms with E-state index in [2.05, 4.69) is 0 Å². The number of aliphatic carboxylic acids is 1. The van der Waals surface area contributed by atoms with Crippen molar-refractivity contribution >= 4 is 43.4 Å². The Morgan fingerprint density at radius 2 is 1.56 bits per heavy atom. The van der Waals surface area contributed by atoms with E-state index in [0.29, 0.717) is 9.87 Å². The Morgan fingerprint density at radius 1 is 0.951 bits per heavy atom. The van der Waals surface area contributed by atoms with Gasteiger partial charge in [0.2, 0.25) is 0 Å². The second kappa shape index (κ2) is 10.8. The van der Waals surface area contributed by atoms with Crippen molar-refractivity contribution in [2.24, 2.45) is 0 Å². The summed E-state index contributed by atoms with van der Waals surface area (Å²) in [5.41, 5.74) is -5.61. The third-order valence-electron chi connectivity index (χ3n) is 6.39. The highest BCUT2D eigenvalue weighted by molar-refractivity contribution is 7.89. The number of aryl methyl sites for hydroxylation is 1. The molecule has 3 aromatic rings. The smallest absolute Gasteiger partial charge is 0.481 e. The van der Waals surface area contributed by atoms with Gasteiger partial charge in [0, 0.05) is 41.7 Å². The fourth-order valence-corrected chi connectivity index (χ4v) is 6.33. The Hall–Kier alpha value is -3.95. The van der Waals surface area contributed by atoms with Gasteiger partial charge in [0.25, 0.3) is 15.9 Å². The number of para-hydroxylation sites is 1. The second-order valence-electron chi connectivity index (χ2n) is 9.07. The monoisotopic (exact) mass is 612 g/mol. The molecule has 15 heteroatoms. The molecule has 1 unspecified atom stereocenters. The van der Waals surface area contributed by atoms with Crippen molar-refractivity contribution in [2.45, 2.75) is 29.9 Å². The molecule has 10 nitrogen and oxygen atoms in total. The van der Waals surface area contributed by atoms with Gasteiger partial charge >= 0.3 is 21.6 Å². The Kier molecular flexibility index (Phi) is 7.90. The molecule has 3 aromatic carbocycles. The minimum absolute atomic E-state index is 0.0333. The molecular formula is C26H23F3N2O8S2. The van der Waals surface area contributed by atoms with Crippen molar-refractivity contribution in [3.8, 4) is 0 Å². The van der Waals surface area contributed by atoms with Gasteiger partial charge < -0.3 is 10.0 Å². The highest BCUT2D eigenvalue weighted by Crippen LogP contribution is 2.48. The molecule has 1 atom stereocenters. The van der Waals surface area contributed by atoms with Crippen LogP contribution in [0, 0.1) is 6.92 Å². The van der Waals surface area contributed by atoms with Crippen LogP contribution >= 0.6 is 0 Å². The zero-order valence-electron chi connectivity index (χ0n) is 21.5. The van der Waals surface area contributed by atoms with Crippen LogP contribution in [0.4, 0.5) is 24.5 Å². The quantitative estimate of drug-likeness (QED) is 0.291. The number of alkyl halides is 3. The molecule has 0 fully saturated rings. The van der Waals surface area contributed by atoms with E-state index in [1.807, 2.05) is 0 Å². The van der Waals surface area contributed by atoms with Crippen molar-refractivity contribution in [3.05, 3.63) is 89.0 Å². The third-order valence-corrected chi connectivity index (χ3v) is 9.20. The van der Waals surface area contributed by atoms with Crippen molar-refractivity contribution in [3.63, 3.8) is 0 Å². The number of carboxylic acids is 1. The number of benzene rings is 3. The van der Waals surface area contributed by atoms with E-state index < -0.39 is 62.2 Å². The maximum absolute atomic E-state index is 14.0. The molecule has 0 saturated carbocycles. The molecule has 1 heterocycles. The molecule has 1 N–H and O–H groups in total. The first kappa shape index (κ1) is 30.0. The highest BCUT2D eigenvalue weighted by Gasteiger charge is 2.50. The number of halogens is 3. The Morgan fingerprint density at radius 3 is 2.17 bits per heavy atom. The van der Waals surface area contributed by atoms with E-state index >= 15 is 0 Å². The van der Waals surface area contributed by atoms with Crippen molar-refractivity contribution in [1.29, 1.82) is 0 Å². The maximum Gasteiger partial charge on any atom is 0.523 e. The molecule has 1 amide bonds. The standard InChI is InChI=1S/C26H23F3N2O8S2/c1-16-10-12-17(13-11-16)40(35,36)31(15-14-22(32)33)25(34)19-7-5-9-21-23(19)24(39-41(37,38)26(27,28)29)18-6-3-4-8-20(18)30(21)2/h3-13,24H,14-15H2,1-2H3,(H,32,33). The van der Waals surface area contributed by atoms with Gasteiger partial charge in [-0.15, -0.1) is 0 Å². The van der Waals surface area contributed by atoms with Crippen LogP contribution in [0.5, 0.6) is 0 Å². The summed E-state index contributed by atoms with van der Waals surface area (Å²) < 4.78 is 96.7. The summed E-state index contributed by atoms with van der Waals surface area (Å²) in [6.45, 7) is 0.885. The second-order valence-corrected chi connectivity index (χ2v) is 12.5. The molecule has 1 aliphatic heterocycles. The first-order valence-electron chi connectivity index (χ1n) is 11.9. The molecule has 0 saturated heterocycles. The van der Waals surface area contributed by atoms with E-state index in [4.69, 9.17) is 4.18 Å².